The van der Waals surface area contributed by atoms with Crippen LogP contribution in [0.5, 0.6) is 11.5 Å². The molecule has 0 aliphatic carbocycles. The van der Waals surface area contributed by atoms with E-state index in [1.165, 1.54) is 27.6 Å². The lowest BCUT2D eigenvalue weighted by molar-refractivity contribution is 0.196. The number of methoxy groups -OCH3 is 2. The van der Waals surface area contributed by atoms with E-state index in [-0.39, 0.29) is 6.04 Å². The zero-order valence-corrected chi connectivity index (χ0v) is 19.7. The maximum absolute atomic E-state index is 6.06. The van der Waals surface area contributed by atoms with Crippen LogP contribution in [0.15, 0.2) is 66.9 Å². The topological polar surface area (TPSA) is 49.5 Å². The number of anilines is 1. The molecule has 2 heterocycles. The molecule has 0 fully saturated rings. The first-order valence-electron chi connectivity index (χ1n) is 11.2. The second kappa shape index (κ2) is 9.38. The van der Waals surface area contributed by atoms with E-state index >= 15 is 0 Å². The van der Waals surface area contributed by atoms with E-state index in [1.807, 2.05) is 24.3 Å². The van der Waals surface area contributed by atoms with Gasteiger partial charge in [0, 0.05) is 40.4 Å². The lowest BCUT2D eigenvalue weighted by Gasteiger charge is -2.38. The smallest absolute Gasteiger partial charge is 0.161 e. The van der Waals surface area contributed by atoms with Crippen molar-refractivity contribution in [1.29, 1.82) is 0 Å². The van der Waals surface area contributed by atoms with Gasteiger partial charge in [-0.15, -0.1) is 0 Å². The minimum Gasteiger partial charge on any atom is -0.493 e. The van der Waals surface area contributed by atoms with Crippen molar-refractivity contribution >= 4 is 28.2 Å². The zero-order valence-electron chi connectivity index (χ0n) is 18.9. The van der Waals surface area contributed by atoms with Gasteiger partial charge in [0.25, 0.3) is 0 Å². The third-order valence-electron chi connectivity index (χ3n) is 6.53. The average Bonchev–Trinajstić information content (AvgIpc) is 3.26. The summed E-state index contributed by atoms with van der Waals surface area (Å²) in [5.74, 6) is 1.56. The maximum atomic E-state index is 6.06. The molecule has 0 saturated carbocycles. The number of para-hydroxylation sites is 1. The Labute approximate surface area is 199 Å². The molecule has 0 saturated heterocycles. The predicted molar refractivity (Wildman–Crippen MR) is 135 cm³/mol. The van der Waals surface area contributed by atoms with E-state index in [2.05, 4.69) is 57.8 Å². The van der Waals surface area contributed by atoms with E-state index in [0.29, 0.717) is 0 Å². The van der Waals surface area contributed by atoms with E-state index in [4.69, 9.17) is 21.1 Å². The first kappa shape index (κ1) is 21.7. The Morgan fingerprint density at radius 1 is 1.03 bits per heavy atom. The summed E-state index contributed by atoms with van der Waals surface area (Å²) in [4.78, 5) is 5.93. The van der Waals surface area contributed by atoms with Gasteiger partial charge >= 0.3 is 0 Å². The van der Waals surface area contributed by atoms with Gasteiger partial charge in [-0.2, -0.15) is 0 Å². The van der Waals surface area contributed by atoms with Crippen molar-refractivity contribution in [3.05, 3.63) is 88.6 Å². The number of H-pyrrole nitrogens is 1. The van der Waals surface area contributed by atoms with Crippen LogP contribution in [0, 0.1) is 0 Å². The van der Waals surface area contributed by atoms with Crippen molar-refractivity contribution < 1.29 is 9.47 Å². The van der Waals surface area contributed by atoms with Gasteiger partial charge in [0.05, 0.1) is 20.9 Å². The fourth-order valence-electron chi connectivity index (χ4n) is 4.78. The molecule has 0 amide bonds. The van der Waals surface area contributed by atoms with E-state index in [9.17, 15) is 0 Å². The number of nitrogens with zero attached hydrogens (tertiary/aromatic N) is 1. The Morgan fingerprint density at radius 2 is 1.79 bits per heavy atom. The molecular formula is C27H28ClN3O2. The molecule has 1 atom stereocenters. The number of halogens is 1. The van der Waals surface area contributed by atoms with Crippen molar-refractivity contribution in [2.75, 3.05) is 32.7 Å². The summed E-state index contributed by atoms with van der Waals surface area (Å²) in [6.07, 6.45) is 4.00. The minimum absolute atomic E-state index is 0.201. The maximum Gasteiger partial charge on any atom is 0.161 e. The van der Waals surface area contributed by atoms with Gasteiger partial charge in [0.2, 0.25) is 0 Å². The molecule has 1 aliphatic rings. The van der Waals surface area contributed by atoms with Crippen LogP contribution >= 0.6 is 11.6 Å². The molecular weight excluding hydrogens is 434 g/mol. The summed E-state index contributed by atoms with van der Waals surface area (Å²) in [6.45, 7) is 1.69. The van der Waals surface area contributed by atoms with Crippen LogP contribution in [-0.4, -0.2) is 37.3 Å². The van der Waals surface area contributed by atoms with Crippen LogP contribution in [0.25, 0.3) is 10.9 Å². The number of ether oxygens (including phenoxy) is 2. The minimum atomic E-state index is 0.201. The van der Waals surface area contributed by atoms with Crippen molar-refractivity contribution in [1.82, 2.24) is 9.88 Å². The second-order valence-electron chi connectivity index (χ2n) is 8.39. The van der Waals surface area contributed by atoms with Crippen LogP contribution < -0.4 is 14.8 Å². The molecule has 170 valence electrons. The highest BCUT2D eigenvalue weighted by molar-refractivity contribution is 6.30. The molecule has 0 unspecified atom stereocenters. The normalized spacial score (nSPS) is 15.9. The number of rotatable bonds is 7. The lowest BCUT2D eigenvalue weighted by atomic mass is 9.88. The van der Waals surface area contributed by atoms with Gasteiger partial charge in [0.1, 0.15) is 0 Å². The standard InChI is InChI=1S/C27H28ClN3O2/c1-32-26-14-18-11-12-31(17-30-21-9-7-20(28)8-10-21)25(23(18)15-27(26)33-2)13-19-16-29-24-6-4-3-5-22(19)24/h3-10,14-16,25,29-30H,11-13,17H2,1-2H3/t25-/m0/s1. The highest BCUT2D eigenvalue weighted by atomic mass is 35.5. The molecule has 3 aromatic carbocycles. The molecule has 2 N–H and O–H groups in total. The molecule has 0 spiro atoms. The average molecular weight is 462 g/mol. The summed E-state index contributed by atoms with van der Waals surface area (Å²) in [5, 5.41) is 5.59. The Kier molecular flexibility index (Phi) is 6.16. The van der Waals surface area contributed by atoms with Crippen LogP contribution in [0.3, 0.4) is 0 Å². The number of aromatic amines is 1. The Hall–Kier alpha value is -3.15. The number of benzene rings is 3. The van der Waals surface area contributed by atoms with Gasteiger partial charge in [-0.25, -0.2) is 0 Å². The van der Waals surface area contributed by atoms with Crippen molar-refractivity contribution in [3.63, 3.8) is 0 Å². The number of hydrogen-bond acceptors (Lipinski definition) is 4. The summed E-state index contributed by atoms with van der Waals surface area (Å²) >= 11 is 6.06. The quantitative estimate of drug-likeness (QED) is 0.351. The molecule has 0 bridgehead atoms. The summed E-state index contributed by atoms with van der Waals surface area (Å²) < 4.78 is 11.2. The van der Waals surface area contributed by atoms with Gasteiger partial charge in [0.15, 0.2) is 11.5 Å². The van der Waals surface area contributed by atoms with Gasteiger partial charge in [-0.3, -0.25) is 4.90 Å². The third kappa shape index (κ3) is 4.39. The zero-order chi connectivity index (χ0) is 22.8. The Balaban J connectivity index is 1.49. The number of aromatic nitrogens is 1. The second-order valence-corrected chi connectivity index (χ2v) is 8.83. The van der Waals surface area contributed by atoms with Crippen LogP contribution in [0.1, 0.15) is 22.7 Å². The molecule has 33 heavy (non-hydrogen) atoms. The molecule has 1 aromatic heterocycles. The van der Waals surface area contributed by atoms with Crippen LogP contribution in [0.4, 0.5) is 5.69 Å². The van der Waals surface area contributed by atoms with Crippen LogP contribution in [0.2, 0.25) is 5.02 Å². The first-order valence-corrected chi connectivity index (χ1v) is 11.6. The fourth-order valence-corrected chi connectivity index (χ4v) is 4.90. The highest BCUT2D eigenvalue weighted by Crippen LogP contribution is 2.40. The Bertz CT molecular complexity index is 1250. The van der Waals surface area contributed by atoms with Gasteiger partial charge < -0.3 is 19.8 Å². The summed E-state index contributed by atoms with van der Waals surface area (Å²) in [7, 11) is 3.39. The third-order valence-corrected chi connectivity index (χ3v) is 6.78. The summed E-state index contributed by atoms with van der Waals surface area (Å²) in [5.41, 5.74) is 6.15. The number of fused-ring (bicyclic) bond motifs is 2. The largest absolute Gasteiger partial charge is 0.493 e. The van der Waals surface area contributed by atoms with E-state index in [0.717, 1.165) is 48.3 Å². The molecule has 5 nitrogen and oxygen atoms in total. The van der Waals surface area contributed by atoms with E-state index in [1.54, 1.807) is 14.2 Å². The van der Waals surface area contributed by atoms with Crippen molar-refractivity contribution in [2.45, 2.75) is 18.9 Å². The molecule has 4 aromatic rings. The summed E-state index contributed by atoms with van der Waals surface area (Å²) in [6, 6.07) is 20.8. The SMILES string of the molecule is COc1cc2c(cc1OC)[C@H](Cc1c[nH]c3ccccc13)N(CNc1ccc(Cl)cc1)CC2. The number of hydrogen-bond donors (Lipinski definition) is 2. The molecule has 5 rings (SSSR count). The Morgan fingerprint density at radius 3 is 2.58 bits per heavy atom. The van der Waals surface area contributed by atoms with Crippen molar-refractivity contribution in [2.24, 2.45) is 0 Å². The lowest BCUT2D eigenvalue weighted by Crippen LogP contribution is -2.39. The van der Waals surface area contributed by atoms with Crippen molar-refractivity contribution in [3.8, 4) is 11.5 Å². The molecule has 0 radical (unpaired) electrons. The predicted octanol–water partition coefficient (Wildman–Crippen LogP) is 6.05. The first-order chi connectivity index (χ1) is 16.2. The van der Waals surface area contributed by atoms with Crippen LogP contribution in [-0.2, 0) is 12.8 Å². The van der Waals surface area contributed by atoms with Gasteiger partial charge in [-0.1, -0.05) is 29.8 Å². The molecule has 1 aliphatic heterocycles. The number of nitrogens with one attached hydrogen (secondary N) is 2. The fraction of sp³-hybridized carbons (Fsp3) is 0.259. The van der Waals surface area contributed by atoms with Gasteiger partial charge in [-0.05, 0) is 72.0 Å². The monoisotopic (exact) mass is 461 g/mol. The van der Waals surface area contributed by atoms with E-state index < -0.39 is 0 Å². The highest BCUT2D eigenvalue weighted by Gasteiger charge is 2.30. The molecule has 6 heteroatoms.